The molecule has 2 saturated heterocycles. The number of hydrogen-bond donors (Lipinski definition) is 0. The van der Waals surface area contributed by atoms with Gasteiger partial charge in [0.2, 0.25) is 0 Å². The van der Waals surface area contributed by atoms with Gasteiger partial charge in [0.15, 0.2) is 0 Å². The number of hydrogen-bond acceptors (Lipinski definition) is 5. The highest BCUT2D eigenvalue weighted by Crippen LogP contribution is 2.44. The molecule has 30 heavy (non-hydrogen) atoms. The molecule has 0 unspecified atom stereocenters. The summed E-state index contributed by atoms with van der Waals surface area (Å²) in [5, 5.41) is 4.24. The van der Waals surface area contributed by atoms with Gasteiger partial charge in [0, 0.05) is 37.8 Å². The van der Waals surface area contributed by atoms with Crippen LogP contribution < -0.4 is 4.74 Å². The van der Waals surface area contributed by atoms with Crippen LogP contribution in [0.5, 0.6) is 5.75 Å². The molecular formula is C24H29N5O. The number of likely N-dealkylation sites (tertiary alicyclic amines) is 2. The molecule has 3 aromatic rings. The first-order valence-electron chi connectivity index (χ1n) is 10.7. The Morgan fingerprint density at radius 3 is 2.67 bits per heavy atom. The summed E-state index contributed by atoms with van der Waals surface area (Å²) in [6.45, 7) is 5.15. The second-order valence-electron chi connectivity index (χ2n) is 8.65. The van der Waals surface area contributed by atoms with Crippen molar-refractivity contribution in [2.24, 2.45) is 11.8 Å². The van der Waals surface area contributed by atoms with E-state index >= 15 is 0 Å². The lowest BCUT2D eigenvalue weighted by atomic mass is 9.90. The van der Waals surface area contributed by atoms with Gasteiger partial charge in [-0.15, -0.1) is 0 Å². The van der Waals surface area contributed by atoms with Gasteiger partial charge in [-0.3, -0.25) is 9.80 Å². The molecule has 6 heteroatoms. The van der Waals surface area contributed by atoms with Crippen LogP contribution in [0.1, 0.15) is 22.7 Å². The minimum atomic E-state index is 0.528. The number of ether oxygens (including phenoxy) is 1. The zero-order chi connectivity index (χ0) is 20.5. The molecular weight excluding hydrogens is 374 g/mol. The van der Waals surface area contributed by atoms with Crippen molar-refractivity contribution in [2.75, 3.05) is 33.8 Å². The van der Waals surface area contributed by atoms with Gasteiger partial charge >= 0.3 is 0 Å². The topological polar surface area (TPSA) is 46.4 Å². The molecule has 156 valence electrons. The zero-order valence-electron chi connectivity index (χ0n) is 17.7. The molecule has 5 rings (SSSR count). The molecule has 3 heterocycles. The summed E-state index contributed by atoms with van der Waals surface area (Å²) in [5.41, 5.74) is 3.92. The maximum absolute atomic E-state index is 5.57. The third kappa shape index (κ3) is 3.73. The van der Waals surface area contributed by atoms with Gasteiger partial charge in [-0.1, -0.05) is 36.4 Å². The SMILES string of the molecule is COc1ccc(CN2C[C@@H]3CN(C)[C@@H](c4ccccc4)[C@@H]3C2)cc1Cn1cncn1. The molecule has 0 radical (unpaired) electrons. The van der Waals surface area contributed by atoms with Crippen molar-refractivity contribution >= 4 is 0 Å². The van der Waals surface area contributed by atoms with Crippen molar-refractivity contribution in [1.29, 1.82) is 0 Å². The molecule has 2 aromatic carbocycles. The van der Waals surface area contributed by atoms with E-state index in [0.29, 0.717) is 18.5 Å². The smallest absolute Gasteiger partial charge is 0.137 e. The highest BCUT2D eigenvalue weighted by Gasteiger charge is 2.45. The summed E-state index contributed by atoms with van der Waals surface area (Å²) in [4.78, 5) is 9.22. The molecule has 6 nitrogen and oxygen atoms in total. The average molecular weight is 404 g/mol. The molecule has 0 saturated carbocycles. The predicted octanol–water partition coefficient (Wildman–Crippen LogP) is 3.07. The van der Waals surface area contributed by atoms with E-state index in [0.717, 1.165) is 30.3 Å². The Labute approximate surface area is 178 Å². The first-order chi connectivity index (χ1) is 14.7. The first-order valence-corrected chi connectivity index (χ1v) is 10.7. The minimum absolute atomic E-state index is 0.528. The highest BCUT2D eigenvalue weighted by molar-refractivity contribution is 5.37. The number of benzene rings is 2. The lowest BCUT2D eigenvalue weighted by Gasteiger charge is -2.27. The van der Waals surface area contributed by atoms with Crippen LogP contribution in [-0.4, -0.2) is 58.4 Å². The van der Waals surface area contributed by atoms with Crippen LogP contribution in [0.3, 0.4) is 0 Å². The Kier molecular flexibility index (Phi) is 5.27. The Morgan fingerprint density at radius 2 is 1.90 bits per heavy atom. The average Bonchev–Trinajstić information content (AvgIpc) is 3.45. The van der Waals surface area contributed by atoms with Crippen LogP contribution in [0.25, 0.3) is 0 Å². The number of rotatable bonds is 6. The van der Waals surface area contributed by atoms with E-state index in [1.807, 2.05) is 4.68 Å². The maximum atomic E-state index is 5.57. The fraction of sp³-hybridized carbons (Fsp3) is 0.417. The Morgan fingerprint density at radius 1 is 1.03 bits per heavy atom. The molecule has 0 bridgehead atoms. The molecule has 0 N–H and O–H groups in total. The zero-order valence-corrected chi connectivity index (χ0v) is 17.7. The molecule has 0 aliphatic carbocycles. The van der Waals surface area contributed by atoms with Crippen molar-refractivity contribution in [3.05, 3.63) is 77.9 Å². The molecule has 2 aliphatic heterocycles. The van der Waals surface area contributed by atoms with Crippen molar-refractivity contribution < 1.29 is 4.74 Å². The molecule has 1 aromatic heterocycles. The lowest BCUT2D eigenvalue weighted by Crippen LogP contribution is -2.28. The molecule has 0 amide bonds. The van der Waals surface area contributed by atoms with Crippen molar-refractivity contribution in [1.82, 2.24) is 24.6 Å². The minimum Gasteiger partial charge on any atom is -0.496 e. The van der Waals surface area contributed by atoms with Crippen LogP contribution >= 0.6 is 0 Å². The van der Waals surface area contributed by atoms with E-state index < -0.39 is 0 Å². The summed E-state index contributed by atoms with van der Waals surface area (Å²) in [6.07, 6.45) is 3.31. The Bertz CT molecular complexity index is 975. The van der Waals surface area contributed by atoms with Crippen molar-refractivity contribution in [3.63, 3.8) is 0 Å². The van der Waals surface area contributed by atoms with Crippen LogP contribution in [0.4, 0.5) is 0 Å². The normalized spacial score (nSPS) is 24.3. The Hall–Kier alpha value is -2.70. The van der Waals surface area contributed by atoms with Crippen molar-refractivity contribution in [2.45, 2.75) is 19.1 Å². The molecule has 0 spiro atoms. The van der Waals surface area contributed by atoms with E-state index in [9.17, 15) is 0 Å². The van der Waals surface area contributed by atoms with E-state index in [1.165, 1.54) is 24.2 Å². The fourth-order valence-electron chi connectivity index (χ4n) is 5.43. The molecule has 2 aliphatic rings. The van der Waals surface area contributed by atoms with Gasteiger partial charge in [-0.25, -0.2) is 9.67 Å². The second kappa shape index (κ2) is 8.20. The summed E-state index contributed by atoms with van der Waals surface area (Å²) >= 11 is 0. The van der Waals surface area contributed by atoms with Crippen LogP contribution in [-0.2, 0) is 13.1 Å². The predicted molar refractivity (Wildman–Crippen MR) is 116 cm³/mol. The van der Waals surface area contributed by atoms with Gasteiger partial charge in [-0.05, 0) is 42.1 Å². The summed E-state index contributed by atoms with van der Waals surface area (Å²) in [6, 6.07) is 18.1. The number of aromatic nitrogens is 3. The first kappa shape index (κ1) is 19.3. The van der Waals surface area contributed by atoms with E-state index in [4.69, 9.17) is 4.74 Å². The summed E-state index contributed by atoms with van der Waals surface area (Å²) < 4.78 is 7.41. The standard InChI is InChI=1S/C24H29N5O/c1-27-12-21-13-28(15-22(21)24(27)19-6-4-3-5-7-19)11-18-8-9-23(30-2)20(10-18)14-29-17-25-16-26-29/h3-10,16-17,21-22,24H,11-15H2,1-2H3/t21-,22+,24-/m0/s1. The van der Waals surface area contributed by atoms with Gasteiger partial charge in [0.1, 0.15) is 18.4 Å². The van der Waals surface area contributed by atoms with E-state index in [-0.39, 0.29) is 0 Å². The molecule has 3 atom stereocenters. The summed E-state index contributed by atoms with van der Waals surface area (Å²) in [7, 11) is 4.00. The van der Waals surface area contributed by atoms with Gasteiger partial charge in [0.25, 0.3) is 0 Å². The third-order valence-corrected chi connectivity index (χ3v) is 6.66. The lowest BCUT2D eigenvalue weighted by molar-refractivity contribution is 0.224. The largest absolute Gasteiger partial charge is 0.496 e. The third-order valence-electron chi connectivity index (χ3n) is 6.66. The van der Waals surface area contributed by atoms with E-state index in [2.05, 4.69) is 75.5 Å². The monoisotopic (exact) mass is 403 g/mol. The molecule has 2 fully saturated rings. The maximum Gasteiger partial charge on any atom is 0.137 e. The fourth-order valence-corrected chi connectivity index (χ4v) is 5.43. The van der Waals surface area contributed by atoms with Gasteiger partial charge in [0.05, 0.1) is 13.7 Å². The van der Waals surface area contributed by atoms with Gasteiger partial charge < -0.3 is 4.74 Å². The van der Waals surface area contributed by atoms with Crippen LogP contribution in [0, 0.1) is 11.8 Å². The van der Waals surface area contributed by atoms with Crippen LogP contribution in [0.2, 0.25) is 0 Å². The van der Waals surface area contributed by atoms with Crippen molar-refractivity contribution in [3.8, 4) is 5.75 Å². The Balaban J connectivity index is 1.30. The quantitative estimate of drug-likeness (QED) is 0.633. The number of nitrogens with zero attached hydrogens (tertiary/aromatic N) is 5. The van der Waals surface area contributed by atoms with Gasteiger partial charge in [-0.2, -0.15) is 5.10 Å². The summed E-state index contributed by atoms with van der Waals surface area (Å²) in [5.74, 6) is 2.34. The van der Waals surface area contributed by atoms with E-state index in [1.54, 1.807) is 19.8 Å². The van der Waals surface area contributed by atoms with Crippen LogP contribution in [0.15, 0.2) is 61.2 Å². The second-order valence-corrected chi connectivity index (χ2v) is 8.65. The highest BCUT2D eigenvalue weighted by atomic mass is 16.5. The number of methoxy groups -OCH3 is 1. The number of fused-ring (bicyclic) bond motifs is 1.